The van der Waals surface area contributed by atoms with Crippen molar-refractivity contribution in [3.63, 3.8) is 0 Å². The molecule has 2 aromatic rings. The van der Waals surface area contributed by atoms with E-state index in [2.05, 4.69) is 5.32 Å². The number of hydrogen-bond donors (Lipinski definition) is 1. The van der Waals surface area contributed by atoms with Crippen molar-refractivity contribution in [3.05, 3.63) is 71.5 Å². The standard InChI is InChI=1S/C18H15FN2O3/c1-18(12-7-3-2-4-8-12)16(23)21(17(24)20-18)11-15(22)13-9-5-6-10-14(13)19/h2-10H,11H2,1H3,(H,20,24)/t18-/m1/s1. The Balaban J connectivity index is 1.85. The molecule has 0 bridgehead atoms. The van der Waals surface area contributed by atoms with Crippen LogP contribution in [0.1, 0.15) is 22.8 Å². The maximum Gasteiger partial charge on any atom is 0.325 e. The van der Waals surface area contributed by atoms with Gasteiger partial charge in [0.1, 0.15) is 11.4 Å². The molecule has 6 heteroatoms. The zero-order chi connectivity index (χ0) is 17.3. The van der Waals surface area contributed by atoms with Crippen molar-refractivity contribution >= 4 is 17.7 Å². The first-order valence-corrected chi connectivity index (χ1v) is 7.41. The molecule has 1 N–H and O–H groups in total. The number of Topliss-reactive ketones (excluding diaryl/α,β-unsaturated/α-hetero) is 1. The summed E-state index contributed by atoms with van der Waals surface area (Å²) in [5.74, 6) is -1.85. The Morgan fingerprint density at radius 1 is 1.08 bits per heavy atom. The van der Waals surface area contributed by atoms with Gasteiger partial charge in [0.15, 0.2) is 5.78 Å². The van der Waals surface area contributed by atoms with Crippen LogP contribution in [0.15, 0.2) is 54.6 Å². The van der Waals surface area contributed by atoms with E-state index in [1.165, 1.54) is 18.2 Å². The summed E-state index contributed by atoms with van der Waals surface area (Å²) in [6.45, 7) is 1.07. The molecule has 24 heavy (non-hydrogen) atoms. The summed E-state index contributed by atoms with van der Waals surface area (Å²) >= 11 is 0. The number of nitrogens with zero attached hydrogens (tertiary/aromatic N) is 1. The zero-order valence-electron chi connectivity index (χ0n) is 13.0. The summed E-state index contributed by atoms with van der Waals surface area (Å²) < 4.78 is 13.7. The van der Waals surface area contributed by atoms with Crippen molar-refractivity contribution in [2.24, 2.45) is 0 Å². The van der Waals surface area contributed by atoms with Crippen molar-refractivity contribution in [3.8, 4) is 0 Å². The molecule has 3 amide bonds. The molecule has 0 radical (unpaired) electrons. The van der Waals surface area contributed by atoms with Gasteiger partial charge in [0.25, 0.3) is 5.91 Å². The number of carbonyl (C=O) groups is 3. The van der Waals surface area contributed by atoms with E-state index in [1.807, 2.05) is 0 Å². The first-order chi connectivity index (χ1) is 11.4. The Kier molecular flexibility index (Phi) is 3.89. The first kappa shape index (κ1) is 15.9. The number of nitrogens with one attached hydrogen (secondary N) is 1. The molecule has 1 fully saturated rings. The Hall–Kier alpha value is -3.02. The lowest BCUT2D eigenvalue weighted by Crippen LogP contribution is -2.41. The van der Waals surface area contributed by atoms with Crippen molar-refractivity contribution < 1.29 is 18.8 Å². The summed E-state index contributed by atoms with van der Waals surface area (Å²) in [5, 5.41) is 2.61. The van der Waals surface area contributed by atoms with Crippen LogP contribution in [0, 0.1) is 5.82 Å². The average Bonchev–Trinajstić information content (AvgIpc) is 2.80. The average molecular weight is 326 g/mol. The molecular formula is C18H15FN2O3. The van der Waals surface area contributed by atoms with Crippen LogP contribution >= 0.6 is 0 Å². The smallest absolute Gasteiger partial charge is 0.319 e. The Morgan fingerprint density at radius 3 is 2.38 bits per heavy atom. The number of imide groups is 1. The molecule has 1 aliphatic rings. The molecular weight excluding hydrogens is 311 g/mol. The van der Waals surface area contributed by atoms with Gasteiger partial charge in [-0.3, -0.25) is 14.5 Å². The van der Waals surface area contributed by atoms with Gasteiger partial charge in [-0.05, 0) is 24.6 Å². The summed E-state index contributed by atoms with van der Waals surface area (Å²) in [5.41, 5.74) is -0.774. The van der Waals surface area contributed by atoms with E-state index < -0.39 is 35.6 Å². The lowest BCUT2D eigenvalue weighted by Gasteiger charge is -2.22. The van der Waals surface area contributed by atoms with Crippen LogP contribution in [0.25, 0.3) is 0 Å². The highest BCUT2D eigenvalue weighted by Crippen LogP contribution is 2.28. The molecule has 0 aliphatic carbocycles. The van der Waals surface area contributed by atoms with Crippen LogP contribution in [0.3, 0.4) is 0 Å². The lowest BCUT2D eigenvalue weighted by atomic mass is 9.92. The molecule has 2 aromatic carbocycles. The summed E-state index contributed by atoms with van der Waals surface area (Å²) in [6.07, 6.45) is 0. The van der Waals surface area contributed by atoms with Crippen molar-refractivity contribution in [2.45, 2.75) is 12.5 Å². The molecule has 0 spiro atoms. The lowest BCUT2D eigenvalue weighted by molar-refractivity contribution is -0.130. The number of urea groups is 1. The third-order valence-corrected chi connectivity index (χ3v) is 4.10. The number of amides is 3. The second-order valence-electron chi connectivity index (χ2n) is 5.72. The topological polar surface area (TPSA) is 66.5 Å². The van der Waals surface area contributed by atoms with E-state index in [0.29, 0.717) is 5.56 Å². The normalized spacial score (nSPS) is 20.2. The van der Waals surface area contributed by atoms with Crippen LogP contribution in [0.4, 0.5) is 9.18 Å². The first-order valence-electron chi connectivity index (χ1n) is 7.41. The van der Waals surface area contributed by atoms with Gasteiger partial charge in [-0.1, -0.05) is 42.5 Å². The maximum atomic E-state index is 13.7. The zero-order valence-corrected chi connectivity index (χ0v) is 13.0. The van der Waals surface area contributed by atoms with Gasteiger partial charge in [0.2, 0.25) is 0 Å². The van der Waals surface area contributed by atoms with Crippen molar-refractivity contribution in [2.75, 3.05) is 6.54 Å². The predicted octanol–water partition coefficient (Wildman–Crippen LogP) is 2.48. The van der Waals surface area contributed by atoms with Crippen LogP contribution in [0.2, 0.25) is 0 Å². The van der Waals surface area contributed by atoms with Gasteiger partial charge in [-0.25, -0.2) is 9.18 Å². The number of ketones is 1. The van der Waals surface area contributed by atoms with E-state index in [4.69, 9.17) is 0 Å². The fourth-order valence-corrected chi connectivity index (χ4v) is 2.72. The van der Waals surface area contributed by atoms with E-state index in [9.17, 15) is 18.8 Å². The fourth-order valence-electron chi connectivity index (χ4n) is 2.72. The number of carbonyl (C=O) groups excluding carboxylic acids is 3. The number of hydrogen-bond acceptors (Lipinski definition) is 3. The third-order valence-electron chi connectivity index (χ3n) is 4.10. The van der Waals surface area contributed by atoms with Gasteiger partial charge >= 0.3 is 6.03 Å². The van der Waals surface area contributed by atoms with Gasteiger partial charge in [-0.15, -0.1) is 0 Å². The minimum Gasteiger partial charge on any atom is -0.319 e. The van der Waals surface area contributed by atoms with Gasteiger partial charge in [0, 0.05) is 0 Å². The third kappa shape index (κ3) is 2.56. The summed E-state index contributed by atoms with van der Waals surface area (Å²) in [6, 6.07) is 13.6. The predicted molar refractivity (Wildman–Crippen MR) is 84.8 cm³/mol. The minimum atomic E-state index is -1.24. The molecule has 1 atom stereocenters. The van der Waals surface area contributed by atoms with Crippen LogP contribution < -0.4 is 5.32 Å². The second kappa shape index (κ2) is 5.88. The molecule has 5 nitrogen and oxygen atoms in total. The number of rotatable bonds is 4. The minimum absolute atomic E-state index is 0.147. The number of benzene rings is 2. The van der Waals surface area contributed by atoms with Crippen molar-refractivity contribution in [1.82, 2.24) is 10.2 Å². The van der Waals surface area contributed by atoms with Gasteiger partial charge in [-0.2, -0.15) is 0 Å². The molecule has 122 valence electrons. The molecule has 0 unspecified atom stereocenters. The highest BCUT2D eigenvalue weighted by molar-refractivity contribution is 6.11. The Bertz CT molecular complexity index is 822. The van der Waals surface area contributed by atoms with Crippen LogP contribution in [-0.4, -0.2) is 29.2 Å². The van der Waals surface area contributed by atoms with E-state index in [0.717, 1.165) is 11.0 Å². The Morgan fingerprint density at radius 2 is 1.71 bits per heavy atom. The molecule has 3 rings (SSSR count). The largest absolute Gasteiger partial charge is 0.325 e. The molecule has 1 aliphatic heterocycles. The van der Waals surface area contributed by atoms with E-state index >= 15 is 0 Å². The molecule has 1 heterocycles. The molecule has 0 saturated carbocycles. The second-order valence-corrected chi connectivity index (χ2v) is 5.72. The summed E-state index contributed by atoms with van der Waals surface area (Å²) in [7, 11) is 0. The van der Waals surface area contributed by atoms with E-state index in [1.54, 1.807) is 37.3 Å². The van der Waals surface area contributed by atoms with Crippen LogP contribution in [-0.2, 0) is 10.3 Å². The highest BCUT2D eigenvalue weighted by Gasteiger charge is 2.49. The highest BCUT2D eigenvalue weighted by atomic mass is 19.1. The van der Waals surface area contributed by atoms with E-state index in [-0.39, 0.29) is 5.56 Å². The quantitative estimate of drug-likeness (QED) is 0.693. The summed E-state index contributed by atoms with van der Waals surface area (Å²) in [4.78, 5) is 37.9. The van der Waals surface area contributed by atoms with Crippen molar-refractivity contribution in [1.29, 1.82) is 0 Å². The Labute approximate surface area is 138 Å². The monoisotopic (exact) mass is 326 g/mol. The fraction of sp³-hybridized carbons (Fsp3) is 0.167. The number of halogens is 1. The maximum absolute atomic E-state index is 13.7. The van der Waals surface area contributed by atoms with Gasteiger partial charge in [0.05, 0.1) is 12.1 Å². The molecule has 0 aromatic heterocycles. The SMILES string of the molecule is C[C@]1(c2ccccc2)NC(=O)N(CC(=O)c2ccccc2F)C1=O. The van der Waals surface area contributed by atoms with Crippen LogP contribution in [0.5, 0.6) is 0 Å². The van der Waals surface area contributed by atoms with Gasteiger partial charge < -0.3 is 5.32 Å². The molecule has 1 saturated heterocycles.